The molecule has 0 amide bonds. The average molecular weight is 164 g/mol. The van der Waals surface area contributed by atoms with Gasteiger partial charge in [-0.2, -0.15) is 4.39 Å². The van der Waals surface area contributed by atoms with Gasteiger partial charge in [-0.3, -0.25) is 0 Å². The molecule has 2 aromatic heterocycles. The van der Waals surface area contributed by atoms with Crippen LogP contribution in [0.25, 0.3) is 5.65 Å². The van der Waals surface area contributed by atoms with Gasteiger partial charge in [0, 0.05) is 5.69 Å². The van der Waals surface area contributed by atoms with Crippen LogP contribution >= 0.6 is 0 Å². The van der Waals surface area contributed by atoms with E-state index < -0.39 is 5.95 Å². The summed E-state index contributed by atoms with van der Waals surface area (Å²) in [5.74, 6) is -0.424. The molecule has 0 radical (unpaired) electrons. The van der Waals surface area contributed by atoms with E-state index in [1.807, 2.05) is 26.0 Å². The van der Waals surface area contributed by atoms with E-state index >= 15 is 0 Å². The highest BCUT2D eigenvalue weighted by molar-refractivity contribution is 5.48. The Balaban J connectivity index is 2.93. The summed E-state index contributed by atoms with van der Waals surface area (Å²) in [6.07, 6.45) is 1.40. The van der Waals surface area contributed by atoms with Crippen molar-refractivity contribution in [3.8, 4) is 0 Å². The zero-order chi connectivity index (χ0) is 8.72. The fraction of sp³-hybridized carbons (Fsp3) is 0.222. The minimum atomic E-state index is -0.424. The summed E-state index contributed by atoms with van der Waals surface area (Å²) in [5, 5.41) is 0. The van der Waals surface area contributed by atoms with Crippen LogP contribution in [-0.2, 0) is 0 Å². The standard InChI is InChI=1S/C9H9FN2/c1-6-3-4-7(2)12-5-8(10)11-9(6)12/h3-5H,1-2H3. The van der Waals surface area contributed by atoms with Crippen molar-refractivity contribution in [2.45, 2.75) is 13.8 Å². The van der Waals surface area contributed by atoms with Gasteiger partial charge in [-0.25, -0.2) is 4.98 Å². The maximum absolute atomic E-state index is 12.7. The van der Waals surface area contributed by atoms with E-state index in [0.717, 1.165) is 11.3 Å². The maximum atomic E-state index is 12.7. The minimum Gasteiger partial charge on any atom is -0.301 e. The Morgan fingerprint density at radius 1 is 1.33 bits per heavy atom. The second-order valence-electron chi connectivity index (χ2n) is 2.91. The first-order valence-corrected chi connectivity index (χ1v) is 3.79. The summed E-state index contributed by atoms with van der Waals surface area (Å²) in [5.41, 5.74) is 2.68. The summed E-state index contributed by atoms with van der Waals surface area (Å²) in [6.45, 7) is 3.84. The Hall–Kier alpha value is -1.38. The minimum absolute atomic E-state index is 0.424. The average Bonchev–Trinajstić information content (AvgIpc) is 2.41. The van der Waals surface area contributed by atoms with E-state index in [0.29, 0.717) is 5.65 Å². The SMILES string of the molecule is Cc1ccc(C)n2cc(F)nc12. The van der Waals surface area contributed by atoms with Gasteiger partial charge in [-0.05, 0) is 25.5 Å². The largest absolute Gasteiger partial charge is 0.301 e. The number of halogens is 1. The van der Waals surface area contributed by atoms with Crippen LogP contribution in [-0.4, -0.2) is 9.38 Å². The number of hydrogen-bond donors (Lipinski definition) is 0. The zero-order valence-corrected chi connectivity index (χ0v) is 7.00. The molecule has 0 bridgehead atoms. The van der Waals surface area contributed by atoms with Crippen LogP contribution in [0.2, 0.25) is 0 Å². The highest BCUT2D eigenvalue weighted by Crippen LogP contribution is 2.11. The molecule has 2 nitrogen and oxygen atoms in total. The lowest BCUT2D eigenvalue weighted by Gasteiger charge is -2.00. The molecular weight excluding hydrogens is 155 g/mol. The molecule has 12 heavy (non-hydrogen) atoms. The molecule has 3 heteroatoms. The molecule has 2 rings (SSSR count). The molecule has 0 saturated carbocycles. The van der Waals surface area contributed by atoms with Crippen molar-refractivity contribution in [1.82, 2.24) is 9.38 Å². The molecule has 0 spiro atoms. The first-order valence-electron chi connectivity index (χ1n) is 3.79. The first-order chi connectivity index (χ1) is 5.68. The van der Waals surface area contributed by atoms with Crippen LogP contribution in [0.3, 0.4) is 0 Å². The van der Waals surface area contributed by atoms with E-state index in [4.69, 9.17) is 0 Å². The van der Waals surface area contributed by atoms with E-state index in [2.05, 4.69) is 4.98 Å². The summed E-state index contributed by atoms with van der Waals surface area (Å²) in [6, 6.07) is 3.89. The third-order valence-electron chi connectivity index (χ3n) is 1.98. The summed E-state index contributed by atoms with van der Waals surface area (Å²) >= 11 is 0. The van der Waals surface area contributed by atoms with Crippen molar-refractivity contribution in [1.29, 1.82) is 0 Å². The molecule has 2 aromatic rings. The van der Waals surface area contributed by atoms with Crippen LogP contribution in [0.15, 0.2) is 18.3 Å². The molecule has 0 atom stereocenters. The first kappa shape index (κ1) is 7.28. The van der Waals surface area contributed by atoms with Crippen molar-refractivity contribution in [3.63, 3.8) is 0 Å². The fourth-order valence-corrected chi connectivity index (χ4v) is 1.30. The molecule has 0 aliphatic carbocycles. The normalized spacial score (nSPS) is 10.9. The maximum Gasteiger partial charge on any atom is 0.231 e. The lowest BCUT2D eigenvalue weighted by atomic mass is 10.2. The number of aromatic nitrogens is 2. The molecule has 0 saturated heterocycles. The van der Waals surface area contributed by atoms with Gasteiger partial charge in [0.1, 0.15) is 5.65 Å². The third-order valence-corrected chi connectivity index (χ3v) is 1.98. The predicted octanol–water partition coefficient (Wildman–Crippen LogP) is 2.09. The van der Waals surface area contributed by atoms with E-state index in [9.17, 15) is 4.39 Å². The van der Waals surface area contributed by atoms with Gasteiger partial charge in [0.15, 0.2) is 0 Å². The monoisotopic (exact) mass is 164 g/mol. The molecule has 2 heterocycles. The molecule has 0 fully saturated rings. The van der Waals surface area contributed by atoms with Gasteiger partial charge in [0.25, 0.3) is 0 Å². The van der Waals surface area contributed by atoms with Crippen LogP contribution in [0.5, 0.6) is 0 Å². The number of pyridine rings is 1. The number of nitrogens with zero attached hydrogens (tertiary/aromatic N) is 2. The second-order valence-corrected chi connectivity index (χ2v) is 2.91. The molecular formula is C9H9FN2. The van der Waals surface area contributed by atoms with Crippen LogP contribution in [0, 0.1) is 19.8 Å². The summed E-state index contributed by atoms with van der Waals surface area (Å²) in [7, 11) is 0. The summed E-state index contributed by atoms with van der Waals surface area (Å²) < 4.78 is 14.5. The Kier molecular flexibility index (Phi) is 1.40. The molecule has 0 aliphatic heterocycles. The fourth-order valence-electron chi connectivity index (χ4n) is 1.30. The Morgan fingerprint density at radius 3 is 2.75 bits per heavy atom. The molecule has 0 N–H and O–H groups in total. The number of fused-ring (bicyclic) bond motifs is 1. The smallest absolute Gasteiger partial charge is 0.231 e. The Labute approximate surface area is 69.7 Å². The molecule has 0 unspecified atom stereocenters. The number of rotatable bonds is 0. The van der Waals surface area contributed by atoms with Gasteiger partial charge in [-0.15, -0.1) is 0 Å². The van der Waals surface area contributed by atoms with Gasteiger partial charge in [-0.1, -0.05) is 6.07 Å². The van der Waals surface area contributed by atoms with Gasteiger partial charge < -0.3 is 4.40 Å². The van der Waals surface area contributed by atoms with Crippen molar-refractivity contribution >= 4 is 5.65 Å². The molecule has 0 aromatic carbocycles. The molecule has 0 aliphatic rings. The topological polar surface area (TPSA) is 17.3 Å². The lowest BCUT2D eigenvalue weighted by molar-refractivity contribution is 0.592. The van der Waals surface area contributed by atoms with Crippen molar-refractivity contribution < 1.29 is 4.39 Å². The van der Waals surface area contributed by atoms with Gasteiger partial charge in [0.05, 0.1) is 6.20 Å². The van der Waals surface area contributed by atoms with E-state index in [1.165, 1.54) is 6.20 Å². The summed E-state index contributed by atoms with van der Waals surface area (Å²) in [4.78, 5) is 3.77. The van der Waals surface area contributed by atoms with Crippen molar-refractivity contribution in [3.05, 3.63) is 35.5 Å². The second kappa shape index (κ2) is 2.30. The zero-order valence-electron chi connectivity index (χ0n) is 7.00. The van der Waals surface area contributed by atoms with Crippen molar-refractivity contribution in [2.24, 2.45) is 0 Å². The number of imidazole rings is 1. The van der Waals surface area contributed by atoms with E-state index in [-0.39, 0.29) is 0 Å². The van der Waals surface area contributed by atoms with Gasteiger partial charge in [0.2, 0.25) is 5.95 Å². The predicted molar refractivity (Wildman–Crippen MR) is 44.6 cm³/mol. The number of hydrogen-bond acceptors (Lipinski definition) is 1. The van der Waals surface area contributed by atoms with Crippen LogP contribution < -0.4 is 0 Å². The molecule has 62 valence electrons. The van der Waals surface area contributed by atoms with E-state index in [1.54, 1.807) is 4.40 Å². The highest BCUT2D eigenvalue weighted by atomic mass is 19.1. The third kappa shape index (κ3) is 0.897. The van der Waals surface area contributed by atoms with Crippen LogP contribution in [0.4, 0.5) is 4.39 Å². The number of aryl methyl sites for hydroxylation is 2. The Morgan fingerprint density at radius 2 is 2.08 bits per heavy atom. The lowest BCUT2D eigenvalue weighted by Crippen LogP contribution is -1.90. The quantitative estimate of drug-likeness (QED) is 0.582. The highest BCUT2D eigenvalue weighted by Gasteiger charge is 2.03. The Bertz CT molecular complexity index is 392. The van der Waals surface area contributed by atoms with Crippen molar-refractivity contribution in [2.75, 3.05) is 0 Å². The van der Waals surface area contributed by atoms with Gasteiger partial charge >= 0.3 is 0 Å². The van der Waals surface area contributed by atoms with Crippen LogP contribution in [0.1, 0.15) is 11.3 Å².